The molecule has 0 heterocycles. The van der Waals surface area contributed by atoms with Crippen LogP contribution in [-0.2, 0) is 4.79 Å². The lowest BCUT2D eigenvalue weighted by Gasteiger charge is -2.09. The van der Waals surface area contributed by atoms with E-state index in [0.717, 1.165) is 22.1 Å². The standard InChI is InChI=1S/C22H18N2O3/c1-26-18-10-8-17(9-11-18)24-22(25)16(14-23)13-15-7-12-21(27-2)20-6-4-3-5-19(15)20/h3-13H,1-2H3,(H,24,25). The maximum atomic E-state index is 12.5. The van der Waals surface area contributed by atoms with Gasteiger partial charge in [0.15, 0.2) is 0 Å². The molecule has 0 unspecified atom stereocenters. The number of rotatable bonds is 5. The van der Waals surface area contributed by atoms with Crippen LogP contribution in [0.4, 0.5) is 5.69 Å². The minimum absolute atomic E-state index is 0.0149. The van der Waals surface area contributed by atoms with E-state index in [0.29, 0.717) is 11.4 Å². The number of ether oxygens (including phenoxy) is 2. The molecule has 0 aliphatic heterocycles. The predicted octanol–water partition coefficient (Wildman–Crippen LogP) is 4.40. The predicted molar refractivity (Wildman–Crippen MR) is 106 cm³/mol. The summed E-state index contributed by atoms with van der Waals surface area (Å²) < 4.78 is 10.5. The summed E-state index contributed by atoms with van der Waals surface area (Å²) in [5.74, 6) is 0.959. The van der Waals surface area contributed by atoms with Crippen molar-refractivity contribution in [1.82, 2.24) is 0 Å². The number of hydrogen-bond acceptors (Lipinski definition) is 4. The molecule has 1 N–H and O–H groups in total. The Balaban J connectivity index is 1.93. The van der Waals surface area contributed by atoms with Crippen molar-refractivity contribution in [3.05, 3.63) is 71.8 Å². The van der Waals surface area contributed by atoms with Crippen LogP contribution in [0, 0.1) is 11.3 Å². The van der Waals surface area contributed by atoms with Gasteiger partial charge in [-0.25, -0.2) is 0 Å². The van der Waals surface area contributed by atoms with E-state index in [1.54, 1.807) is 44.6 Å². The van der Waals surface area contributed by atoms with Crippen LogP contribution >= 0.6 is 0 Å². The summed E-state index contributed by atoms with van der Waals surface area (Å²) in [6, 6.07) is 20.2. The summed E-state index contributed by atoms with van der Waals surface area (Å²) in [4.78, 5) is 12.5. The summed E-state index contributed by atoms with van der Waals surface area (Å²) in [6.45, 7) is 0. The second kappa shape index (κ2) is 8.07. The molecule has 0 aliphatic rings. The van der Waals surface area contributed by atoms with Gasteiger partial charge in [-0.1, -0.05) is 30.3 Å². The molecule has 0 aliphatic carbocycles. The number of fused-ring (bicyclic) bond motifs is 1. The summed E-state index contributed by atoms with van der Waals surface area (Å²) in [5, 5.41) is 14.0. The summed E-state index contributed by atoms with van der Waals surface area (Å²) >= 11 is 0. The van der Waals surface area contributed by atoms with Gasteiger partial charge >= 0.3 is 0 Å². The van der Waals surface area contributed by atoms with Crippen LogP contribution in [0.5, 0.6) is 11.5 Å². The van der Waals surface area contributed by atoms with Crippen molar-refractivity contribution in [2.45, 2.75) is 0 Å². The quantitative estimate of drug-likeness (QED) is 0.542. The first-order valence-electron chi connectivity index (χ1n) is 8.29. The molecule has 3 aromatic rings. The summed E-state index contributed by atoms with van der Waals surface area (Å²) in [5.41, 5.74) is 1.37. The van der Waals surface area contributed by atoms with Crippen molar-refractivity contribution < 1.29 is 14.3 Å². The number of nitriles is 1. The lowest BCUT2D eigenvalue weighted by molar-refractivity contribution is -0.112. The first-order valence-corrected chi connectivity index (χ1v) is 8.29. The van der Waals surface area contributed by atoms with Gasteiger partial charge in [0.25, 0.3) is 5.91 Å². The van der Waals surface area contributed by atoms with Crippen molar-refractivity contribution >= 4 is 28.4 Å². The Morgan fingerprint density at radius 1 is 0.963 bits per heavy atom. The first-order chi connectivity index (χ1) is 13.2. The molecule has 3 aromatic carbocycles. The van der Waals surface area contributed by atoms with E-state index in [-0.39, 0.29) is 5.57 Å². The van der Waals surface area contributed by atoms with Crippen LogP contribution in [-0.4, -0.2) is 20.1 Å². The van der Waals surface area contributed by atoms with Gasteiger partial charge in [0.05, 0.1) is 14.2 Å². The fourth-order valence-corrected chi connectivity index (χ4v) is 2.78. The highest BCUT2D eigenvalue weighted by Gasteiger charge is 2.12. The van der Waals surface area contributed by atoms with Crippen molar-refractivity contribution in [3.8, 4) is 17.6 Å². The van der Waals surface area contributed by atoms with Gasteiger partial charge in [-0.05, 0) is 47.4 Å². The van der Waals surface area contributed by atoms with E-state index in [2.05, 4.69) is 5.32 Å². The van der Waals surface area contributed by atoms with Crippen LogP contribution in [0.2, 0.25) is 0 Å². The zero-order valence-electron chi connectivity index (χ0n) is 15.0. The molecule has 0 spiro atoms. The number of carbonyl (C=O) groups excluding carboxylic acids is 1. The topological polar surface area (TPSA) is 71.3 Å². The average molecular weight is 358 g/mol. The maximum Gasteiger partial charge on any atom is 0.266 e. The third-order valence-electron chi connectivity index (χ3n) is 4.15. The molecule has 134 valence electrons. The van der Waals surface area contributed by atoms with E-state index in [1.807, 2.05) is 42.5 Å². The summed E-state index contributed by atoms with van der Waals surface area (Å²) in [6.07, 6.45) is 1.58. The number of nitrogens with zero attached hydrogens (tertiary/aromatic N) is 1. The Kier molecular flexibility index (Phi) is 5.38. The fraction of sp³-hybridized carbons (Fsp3) is 0.0909. The largest absolute Gasteiger partial charge is 0.497 e. The number of hydrogen-bond donors (Lipinski definition) is 1. The highest BCUT2D eigenvalue weighted by Crippen LogP contribution is 2.29. The molecule has 3 rings (SSSR count). The van der Waals surface area contributed by atoms with Gasteiger partial charge in [0.2, 0.25) is 0 Å². The van der Waals surface area contributed by atoms with Crippen molar-refractivity contribution in [1.29, 1.82) is 5.26 Å². The molecule has 5 nitrogen and oxygen atoms in total. The molecular weight excluding hydrogens is 340 g/mol. The van der Waals surface area contributed by atoms with Crippen LogP contribution in [0.3, 0.4) is 0 Å². The molecule has 27 heavy (non-hydrogen) atoms. The molecule has 0 saturated heterocycles. The summed E-state index contributed by atoms with van der Waals surface area (Å²) in [7, 11) is 3.18. The Morgan fingerprint density at radius 2 is 1.67 bits per heavy atom. The van der Waals surface area contributed by atoms with E-state index in [4.69, 9.17) is 9.47 Å². The fourth-order valence-electron chi connectivity index (χ4n) is 2.78. The Bertz CT molecular complexity index is 1050. The highest BCUT2D eigenvalue weighted by molar-refractivity contribution is 6.11. The maximum absolute atomic E-state index is 12.5. The molecule has 0 atom stereocenters. The molecular formula is C22H18N2O3. The van der Waals surface area contributed by atoms with Gasteiger partial charge in [0, 0.05) is 11.1 Å². The Morgan fingerprint density at radius 3 is 2.30 bits per heavy atom. The van der Waals surface area contributed by atoms with Crippen molar-refractivity contribution in [2.24, 2.45) is 0 Å². The van der Waals surface area contributed by atoms with Gasteiger partial charge in [-0.2, -0.15) is 5.26 Å². The zero-order valence-corrected chi connectivity index (χ0v) is 15.0. The average Bonchev–Trinajstić information content (AvgIpc) is 2.72. The lowest BCUT2D eigenvalue weighted by atomic mass is 10.0. The van der Waals surface area contributed by atoms with Crippen LogP contribution in [0.1, 0.15) is 5.56 Å². The van der Waals surface area contributed by atoms with E-state index in [9.17, 15) is 10.1 Å². The van der Waals surface area contributed by atoms with E-state index >= 15 is 0 Å². The smallest absolute Gasteiger partial charge is 0.266 e. The number of carbonyl (C=O) groups is 1. The molecule has 0 saturated carbocycles. The Labute approximate surface area is 157 Å². The van der Waals surface area contributed by atoms with Gasteiger partial charge in [-0.15, -0.1) is 0 Å². The van der Waals surface area contributed by atoms with Gasteiger partial charge in [-0.3, -0.25) is 4.79 Å². The third-order valence-corrected chi connectivity index (χ3v) is 4.15. The van der Waals surface area contributed by atoms with Crippen LogP contribution in [0.25, 0.3) is 16.8 Å². The minimum Gasteiger partial charge on any atom is -0.497 e. The molecule has 1 amide bonds. The molecule has 0 radical (unpaired) electrons. The van der Waals surface area contributed by atoms with Crippen LogP contribution < -0.4 is 14.8 Å². The van der Waals surface area contributed by atoms with Crippen molar-refractivity contribution in [3.63, 3.8) is 0 Å². The van der Waals surface area contributed by atoms with E-state index in [1.165, 1.54) is 0 Å². The van der Waals surface area contributed by atoms with Gasteiger partial charge < -0.3 is 14.8 Å². The second-order valence-electron chi connectivity index (χ2n) is 5.76. The number of benzene rings is 3. The number of anilines is 1. The van der Waals surface area contributed by atoms with Crippen molar-refractivity contribution in [2.75, 3.05) is 19.5 Å². The van der Waals surface area contributed by atoms with Gasteiger partial charge in [0.1, 0.15) is 23.1 Å². The number of methoxy groups -OCH3 is 2. The normalized spacial score (nSPS) is 10.9. The Hall–Kier alpha value is -3.78. The first kappa shape index (κ1) is 18.0. The molecule has 0 fully saturated rings. The highest BCUT2D eigenvalue weighted by atomic mass is 16.5. The third kappa shape index (κ3) is 3.91. The molecule has 5 heteroatoms. The lowest BCUT2D eigenvalue weighted by Crippen LogP contribution is -2.13. The SMILES string of the molecule is COc1ccc(NC(=O)C(C#N)=Cc2ccc(OC)c3ccccc23)cc1. The number of nitrogens with one attached hydrogen (secondary N) is 1. The minimum atomic E-state index is -0.470. The zero-order chi connectivity index (χ0) is 19.2. The second-order valence-corrected chi connectivity index (χ2v) is 5.76. The van der Waals surface area contributed by atoms with Crippen LogP contribution in [0.15, 0.2) is 66.2 Å². The molecule has 0 aromatic heterocycles. The monoisotopic (exact) mass is 358 g/mol. The van der Waals surface area contributed by atoms with E-state index < -0.39 is 5.91 Å². The molecule has 0 bridgehead atoms. The number of amides is 1.